The van der Waals surface area contributed by atoms with Gasteiger partial charge in [-0.15, -0.1) is 0 Å². The molecule has 0 spiro atoms. The smallest absolute Gasteiger partial charge is 0.317 e. The highest BCUT2D eigenvalue weighted by Gasteiger charge is 2.14. The van der Waals surface area contributed by atoms with E-state index < -0.39 is 0 Å². The van der Waals surface area contributed by atoms with Crippen LogP contribution in [0.5, 0.6) is 0 Å². The molecule has 3 nitrogen and oxygen atoms in total. The maximum absolute atomic E-state index is 11.9. The second kappa shape index (κ2) is 9.23. The van der Waals surface area contributed by atoms with E-state index in [2.05, 4.69) is 12.2 Å². The van der Waals surface area contributed by atoms with Gasteiger partial charge in [0.1, 0.15) is 0 Å². The molecule has 1 rings (SSSR count). The Kier molecular flexibility index (Phi) is 7.86. The first-order chi connectivity index (χ1) is 8.77. The van der Waals surface area contributed by atoms with E-state index in [0.717, 1.165) is 44.8 Å². The molecule has 0 unspecified atom stereocenters. The summed E-state index contributed by atoms with van der Waals surface area (Å²) in [5, 5.41) is 3.05. The molecule has 0 atom stereocenters. The van der Waals surface area contributed by atoms with Gasteiger partial charge in [0.05, 0.1) is 0 Å². The number of hydrogen-bond acceptors (Lipinski definition) is 1. The van der Waals surface area contributed by atoms with Crippen molar-refractivity contribution in [3.8, 4) is 0 Å². The Labute approximate surface area is 112 Å². The van der Waals surface area contributed by atoms with Crippen LogP contribution in [0.4, 0.5) is 4.79 Å². The summed E-state index contributed by atoms with van der Waals surface area (Å²) in [6.45, 7) is 6.76. The predicted molar refractivity (Wildman–Crippen MR) is 76.7 cm³/mol. The lowest BCUT2D eigenvalue weighted by Crippen LogP contribution is -2.40. The van der Waals surface area contributed by atoms with Gasteiger partial charge in [-0.05, 0) is 32.1 Å². The number of nitrogens with one attached hydrogen (secondary N) is 1. The molecule has 1 aliphatic carbocycles. The van der Waals surface area contributed by atoms with Crippen LogP contribution < -0.4 is 5.32 Å². The van der Waals surface area contributed by atoms with E-state index in [1.807, 2.05) is 11.8 Å². The Morgan fingerprint density at radius 1 is 1.22 bits per heavy atom. The van der Waals surface area contributed by atoms with Crippen molar-refractivity contribution in [2.45, 2.75) is 65.2 Å². The summed E-state index contributed by atoms with van der Waals surface area (Å²) in [6, 6.07) is 0.123. The molecule has 106 valence electrons. The molecule has 0 aromatic rings. The molecule has 0 bridgehead atoms. The largest absolute Gasteiger partial charge is 0.338 e. The van der Waals surface area contributed by atoms with Crippen LogP contribution >= 0.6 is 0 Å². The van der Waals surface area contributed by atoms with Crippen molar-refractivity contribution in [3.05, 3.63) is 0 Å². The van der Waals surface area contributed by atoms with E-state index in [1.54, 1.807) is 0 Å². The fourth-order valence-electron chi connectivity index (χ4n) is 2.75. The molecule has 18 heavy (non-hydrogen) atoms. The van der Waals surface area contributed by atoms with Gasteiger partial charge >= 0.3 is 6.03 Å². The first-order valence-electron chi connectivity index (χ1n) is 7.80. The minimum atomic E-state index is 0.123. The Bertz CT molecular complexity index is 225. The van der Waals surface area contributed by atoms with Crippen molar-refractivity contribution >= 4 is 6.03 Å². The molecule has 0 aromatic carbocycles. The summed E-state index contributed by atoms with van der Waals surface area (Å²) in [4.78, 5) is 13.8. The lowest BCUT2D eigenvalue weighted by atomic mass is 10.0. The van der Waals surface area contributed by atoms with Crippen molar-refractivity contribution in [2.75, 3.05) is 19.6 Å². The molecule has 1 saturated carbocycles. The molecule has 1 fully saturated rings. The second-order valence-corrected chi connectivity index (χ2v) is 5.46. The number of unbranched alkanes of at least 4 members (excludes halogenated alkanes) is 1. The quantitative estimate of drug-likeness (QED) is 0.657. The minimum Gasteiger partial charge on any atom is -0.338 e. The van der Waals surface area contributed by atoms with Crippen molar-refractivity contribution < 1.29 is 4.79 Å². The summed E-state index contributed by atoms with van der Waals surface area (Å²) < 4.78 is 0. The minimum absolute atomic E-state index is 0.123. The number of amides is 2. The van der Waals surface area contributed by atoms with Crippen molar-refractivity contribution in [3.63, 3.8) is 0 Å². The van der Waals surface area contributed by atoms with E-state index in [4.69, 9.17) is 0 Å². The Balaban J connectivity index is 2.06. The molecule has 0 aliphatic heterocycles. The van der Waals surface area contributed by atoms with Gasteiger partial charge in [0.2, 0.25) is 0 Å². The van der Waals surface area contributed by atoms with Gasteiger partial charge in [-0.25, -0.2) is 4.79 Å². The monoisotopic (exact) mass is 254 g/mol. The van der Waals surface area contributed by atoms with Crippen LogP contribution in [0.3, 0.4) is 0 Å². The zero-order valence-corrected chi connectivity index (χ0v) is 12.2. The first kappa shape index (κ1) is 15.3. The zero-order chi connectivity index (χ0) is 13.2. The van der Waals surface area contributed by atoms with E-state index in [0.29, 0.717) is 0 Å². The molecule has 2 amide bonds. The summed E-state index contributed by atoms with van der Waals surface area (Å²) in [6.07, 6.45) is 10.3. The van der Waals surface area contributed by atoms with Crippen LogP contribution in [0.25, 0.3) is 0 Å². The fourth-order valence-corrected chi connectivity index (χ4v) is 2.75. The van der Waals surface area contributed by atoms with Gasteiger partial charge in [0.25, 0.3) is 0 Å². The zero-order valence-electron chi connectivity index (χ0n) is 12.2. The van der Waals surface area contributed by atoms with Crippen LogP contribution in [-0.2, 0) is 0 Å². The molecular formula is C15H30N2O. The predicted octanol–water partition coefficient (Wildman–Crippen LogP) is 3.79. The third-order valence-corrected chi connectivity index (χ3v) is 3.99. The number of rotatable bonds is 8. The Hall–Kier alpha value is -0.730. The van der Waals surface area contributed by atoms with Gasteiger partial charge in [0.15, 0.2) is 0 Å². The van der Waals surface area contributed by atoms with Crippen LogP contribution in [0, 0.1) is 5.92 Å². The lowest BCUT2D eigenvalue weighted by molar-refractivity contribution is 0.199. The van der Waals surface area contributed by atoms with Gasteiger partial charge in [-0.2, -0.15) is 0 Å². The van der Waals surface area contributed by atoms with Crippen LogP contribution in [0.1, 0.15) is 65.2 Å². The highest BCUT2D eigenvalue weighted by molar-refractivity contribution is 5.74. The van der Waals surface area contributed by atoms with E-state index in [9.17, 15) is 4.79 Å². The van der Waals surface area contributed by atoms with Crippen LogP contribution in [0.2, 0.25) is 0 Å². The normalized spacial score (nSPS) is 15.9. The molecule has 0 radical (unpaired) electrons. The van der Waals surface area contributed by atoms with Crippen LogP contribution in [0.15, 0.2) is 0 Å². The highest BCUT2D eigenvalue weighted by atomic mass is 16.2. The lowest BCUT2D eigenvalue weighted by Gasteiger charge is -2.21. The number of urea groups is 1. The third-order valence-electron chi connectivity index (χ3n) is 3.99. The summed E-state index contributed by atoms with van der Waals surface area (Å²) in [7, 11) is 0. The Morgan fingerprint density at radius 3 is 2.56 bits per heavy atom. The van der Waals surface area contributed by atoms with Gasteiger partial charge in [-0.1, -0.05) is 39.0 Å². The van der Waals surface area contributed by atoms with Crippen molar-refractivity contribution in [1.82, 2.24) is 10.2 Å². The van der Waals surface area contributed by atoms with E-state index >= 15 is 0 Å². The molecule has 0 saturated heterocycles. The maximum Gasteiger partial charge on any atom is 0.317 e. The summed E-state index contributed by atoms with van der Waals surface area (Å²) in [5.41, 5.74) is 0. The van der Waals surface area contributed by atoms with Gasteiger partial charge in [0, 0.05) is 19.6 Å². The second-order valence-electron chi connectivity index (χ2n) is 5.46. The maximum atomic E-state index is 11.9. The van der Waals surface area contributed by atoms with Gasteiger partial charge < -0.3 is 10.2 Å². The summed E-state index contributed by atoms with van der Waals surface area (Å²) in [5.74, 6) is 0.935. The van der Waals surface area contributed by atoms with Crippen LogP contribution in [-0.4, -0.2) is 30.6 Å². The van der Waals surface area contributed by atoms with E-state index in [-0.39, 0.29) is 6.03 Å². The number of carbonyl (C=O) groups excluding carboxylic acids is 1. The molecule has 0 aromatic heterocycles. The fraction of sp³-hybridized carbons (Fsp3) is 0.933. The first-order valence-corrected chi connectivity index (χ1v) is 7.80. The average molecular weight is 254 g/mol. The SMILES string of the molecule is CCCCN(CC)C(=O)NCCCC1CCCC1. The molecule has 3 heteroatoms. The molecule has 1 N–H and O–H groups in total. The molecular weight excluding hydrogens is 224 g/mol. The topological polar surface area (TPSA) is 32.3 Å². The Morgan fingerprint density at radius 2 is 1.94 bits per heavy atom. The summed E-state index contributed by atoms with van der Waals surface area (Å²) >= 11 is 0. The number of carbonyl (C=O) groups is 1. The molecule has 1 aliphatic rings. The highest BCUT2D eigenvalue weighted by Crippen LogP contribution is 2.28. The number of nitrogens with zero attached hydrogens (tertiary/aromatic N) is 1. The van der Waals surface area contributed by atoms with Gasteiger partial charge in [-0.3, -0.25) is 0 Å². The third kappa shape index (κ3) is 5.74. The molecule has 0 heterocycles. The van der Waals surface area contributed by atoms with E-state index in [1.165, 1.54) is 32.1 Å². The van der Waals surface area contributed by atoms with Crippen molar-refractivity contribution in [2.24, 2.45) is 5.92 Å². The number of hydrogen-bond donors (Lipinski definition) is 1. The standard InChI is InChI=1S/C15H30N2O/c1-3-5-13-17(4-2)15(18)16-12-8-11-14-9-6-7-10-14/h14H,3-13H2,1-2H3,(H,16,18). The average Bonchev–Trinajstić information content (AvgIpc) is 2.88. The van der Waals surface area contributed by atoms with Crippen molar-refractivity contribution in [1.29, 1.82) is 0 Å².